The Bertz CT molecular complexity index is 432. The third-order valence-corrected chi connectivity index (χ3v) is 3.39. The van der Waals surface area contributed by atoms with Crippen molar-refractivity contribution in [3.63, 3.8) is 0 Å². The summed E-state index contributed by atoms with van der Waals surface area (Å²) in [6, 6.07) is 5.37. The van der Waals surface area contributed by atoms with E-state index in [0.29, 0.717) is 13.2 Å². The molecule has 4 heteroatoms. The summed E-state index contributed by atoms with van der Waals surface area (Å²) in [4.78, 5) is 11.9. The number of carbonyl (C=O) groups is 1. The lowest BCUT2D eigenvalue weighted by Gasteiger charge is -2.17. The number of halogens is 1. The molecule has 0 fully saturated rings. The first-order valence-corrected chi connectivity index (χ1v) is 6.66. The first-order chi connectivity index (χ1) is 8.60. The highest BCUT2D eigenvalue weighted by atomic mass is 79.9. The van der Waals surface area contributed by atoms with Crippen LogP contribution in [0.3, 0.4) is 0 Å². The van der Waals surface area contributed by atoms with Gasteiger partial charge in [0.1, 0.15) is 6.04 Å². The molecule has 0 heterocycles. The molecule has 1 rings (SSSR count). The van der Waals surface area contributed by atoms with Crippen LogP contribution in [0.15, 0.2) is 35.3 Å². The van der Waals surface area contributed by atoms with Gasteiger partial charge in [-0.1, -0.05) is 34.1 Å². The fraction of sp³-hybridized carbons (Fsp3) is 0.357. The molecule has 0 spiro atoms. The van der Waals surface area contributed by atoms with Crippen LogP contribution in [-0.2, 0) is 9.53 Å². The Kier molecular flexibility index (Phi) is 6.09. The fourth-order valence-electron chi connectivity index (χ4n) is 1.61. The standard InChI is InChI=1S/C14H18BrNO2/c1-4-8-16-13(14(17)18-5-2)11-6-7-12(15)10(3)9-11/h4,6-7,9,13,16H,1,5,8H2,2-3H3. The Hall–Kier alpha value is -1.13. The maximum atomic E-state index is 11.9. The van der Waals surface area contributed by atoms with Gasteiger partial charge in [0.05, 0.1) is 6.61 Å². The molecule has 3 nitrogen and oxygen atoms in total. The Morgan fingerprint density at radius 3 is 2.89 bits per heavy atom. The Labute approximate surface area is 116 Å². The first kappa shape index (κ1) is 14.9. The molecule has 0 aliphatic rings. The van der Waals surface area contributed by atoms with Gasteiger partial charge in [-0.15, -0.1) is 6.58 Å². The second kappa shape index (κ2) is 7.34. The SMILES string of the molecule is C=CCNC(C(=O)OCC)c1ccc(Br)c(C)c1. The molecular weight excluding hydrogens is 294 g/mol. The summed E-state index contributed by atoms with van der Waals surface area (Å²) in [6.45, 7) is 8.36. The topological polar surface area (TPSA) is 38.3 Å². The molecule has 0 radical (unpaired) electrons. The third-order valence-electron chi connectivity index (χ3n) is 2.50. The first-order valence-electron chi connectivity index (χ1n) is 5.87. The molecule has 1 aromatic rings. The average Bonchev–Trinajstić information content (AvgIpc) is 2.34. The van der Waals surface area contributed by atoms with Crippen molar-refractivity contribution in [2.75, 3.05) is 13.2 Å². The minimum atomic E-state index is -0.449. The Balaban J connectivity index is 2.96. The number of aryl methyl sites for hydroxylation is 1. The number of nitrogens with one attached hydrogen (secondary N) is 1. The zero-order chi connectivity index (χ0) is 13.5. The number of carbonyl (C=O) groups excluding carboxylic acids is 1. The van der Waals surface area contributed by atoms with E-state index in [-0.39, 0.29) is 5.97 Å². The normalized spacial score (nSPS) is 11.9. The van der Waals surface area contributed by atoms with E-state index in [1.807, 2.05) is 25.1 Å². The fourth-order valence-corrected chi connectivity index (χ4v) is 1.86. The van der Waals surface area contributed by atoms with E-state index in [2.05, 4.69) is 27.8 Å². The lowest BCUT2D eigenvalue weighted by molar-refractivity contribution is -0.145. The van der Waals surface area contributed by atoms with Gasteiger partial charge in [0.15, 0.2) is 0 Å². The lowest BCUT2D eigenvalue weighted by atomic mass is 10.0. The molecule has 0 aromatic heterocycles. The second-order valence-electron chi connectivity index (χ2n) is 3.89. The summed E-state index contributed by atoms with van der Waals surface area (Å²) in [6.07, 6.45) is 1.72. The van der Waals surface area contributed by atoms with Gasteiger partial charge in [-0.05, 0) is 31.0 Å². The predicted molar refractivity (Wildman–Crippen MR) is 76.5 cm³/mol. The van der Waals surface area contributed by atoms with E-state index < -0.39 is 6.04 Å². The Morgan fingerprint density at radius 2 is 2.33 bits per heavy atom. The van der Waals surface area contributed by atoms with Crippen LogP contribution in [-0.4, -0.2) is 19.1 Å². The molecule has 1 aromatic carbocycles. The van der Waals surface area contributed by atoms with E-state index in [0.717, 1.165) is 15.6 Å². The summed E-state index contributed by atoms with van der Waals surface area (Å²) in [7, 11) is 0. The molecule has 0 aliphatic carbocycles. The number of esters is 1. The van der Waals surface area contributed by atoms with Crippen LogP contribution < -0.4 is 5.32 Å². The summed E-state index contributed by atoms with van der Waals surface area (Å²) in [5.74, 6) is -0.263. The number of benzene rings is 1. The maximum Gasteiger partial charge on any atom is 0.327 e. The zero-order valence-corrected chi connectivity index (χ0v) is 12.3. The molecule has 1 N–H and O–H groups in total. The van der Waals surface area contributed by atoms with Crippen molar-refractivity contribution >= 4 is 21.9 Å². The van der Waals surface area contributed by atoms with Crippen molar-refractivity contribution in [2.45, 2.75) is 19.9 Å². The molecular formula is C14H18BrNO2. The van der Waals surface area contributed by atoms with E-state index in [1.54, 1.807) is 13.0 Å². The van der Waals surface area contributed by atoms with Crippen LogP contribution in [0.25, 0.3) is 0 Å². The van der Waals surface area contributed by atoms with Crippen molar-refractivity contribution < 1.29 is 9.53 Å². The average molecular weight is 312 g/mol. The van der Waals surface area contributed by atoms with Crippen LogP contribution in [0.1, 0.15) is 24.1 Å². The molecule has 0 aliphatic heterocycles. The van der Waals surface area contributed by atoms with E-state index in [4.69, 9.17) is 4.74 Å². The van der Waals surface area contributed by atoms with E-state index >= 15 is 0 Å². The van der Waals surface area contributed by atoms with E-state index in [1.165, 1.54) is 0 Å². The van der Waals surface area contributed by atoms with Crippen LogP contribution >= 0.6 is 15.9 Å². The lowest BCUT2D eigenvalue weighted by Crippen LogP contribution is -2.30. The van der Waals surface area contributed by atoms with Gasteiger partial charge >= 0.3 is 5.97 Å². The van der Waals surface area contributed by atoms with Crippen molar-refractivity contribution in [2.24, 2.45) is 0 Å². The predicted octanol–water partition coefficient (Wildman–Crippen LogP) is 3.14. The number of hydrogen-bond acceptors (Lipinski definition) is 3. The van der Waals surface area contributed by atoms with Gasteiger partial charge in [0.25, 0.3) is 0 Å². The molecule has 0 bridgehead atoms. The summed E-state index contributed by atoms with van der Waals surface area (Å²) in [5, 5.41) is 3.11. The van der Waals surface area contributed by atoms with E-state index in [9.17, 15) is 4.79 Å². The number of hydrogen-bond donors (Lipinski definition) is 1. The van der Waals surface area contributed by atoms with Crippen molar-refractivity contribution in [3.05, 3.63) is 46.5 Å². The molecule has 1 atom stereocenters. The number of rotatable bonds is 6. The van der Waals surface area contributed by atoms with Crippen LogP contribution in [0.5, 0.6) is 0 Å². The minimum absolute atomic E-state index is 0.263. The summed E-state index contributed by atoms with van der Waals surface area (Å²) < 4.78 is 6.10. The van der Waals surface area contributed by atoms with Crippen LogP contribution in [0, 0.1) is 6.92 Å². The molecule has 0 saturated heterocycles. The van der Waals surface area contributed by atoms with Crippen molar-refractivity contribution in [1.82, 2.24) is 5.32 Å². The van der Waals surface area contributed by atoms with Crippen molar-refractivity contribution in [1.29, 1.82) is 0 Å². The molecule has 1 unspecified atom stereocenters. The summed E-state index contributed by atoms with van der Waals surface area (Å²) in [5.41, 5.74) is 1.98. The Morgan fingerprint density at radius 1 is 1.61 bits per heavy atom. The highest BCUT2D eigenvalue weighted by Gasteiger charge is 2.21. The zero-order valence-electron chi connectivity index (χ0n) is 10.7. The van der Waals surface area contributed by atoms with Gasteiger partial charge in [0.2, 0.25) is 0 Å². The molecule has 98 valence electrons. The number of ether oxygens (including phenoxy) is 1. The smallest absolute Gasteiger partial charge is 0.327 e. The van der Waals surface area contributed by atoms with Gasteiger partial charge < -0.3 is 4.74 Å². The summed E-state index contributed by atoms with van der Waals surface area (Å²) >= 11 is 3.45. The molecule has 18 heavy (non-hydrogen) atoms. The molecule has 0 saturated carbocycles. The van der Waals surface area contributed by atoms with Gasteiger partial charge in [-0.25, -0.2) is 4.79 Å². The largest absolute Gasteiger partial charge is 0.465 e. The highest BCUT2D eigenvalue weighted by Crippen LogP contribution is 2.22. The van der Waals surface area contributed by atoms with Crippen LogP contribution in [0.4, 0.5) is 0 Å². The monoisotopic (exact) mass is 311 g/mol. The van der Waals surface area contributed by atoms with Gasteiger partial charge in [-0.2, -0.15) is 0 Å². The highest BCUT2D eigenvalue weighted by molar-refractivity contribution is 9.10. The second-order valence-corrected chi connectivity index (χ2v) is 4.74. The minimum Gasteiger partial charge on any atom is -0.465 e. The quantitative estimate of drug-likeness (QED) is 0.648. The van der Waals surface area contributed by atoms with Crippen LogP contribution in [0.2, 0.25) is 0 Å². The third kappa shape index (κ3) is 3.96. The van der Waals surface area contributed by atoms with Crippen molar-refractivity contribution in [3.8, 4) is 0 Å². The maximum absolute atomic E-state index is 11.9. The van der Waals surface area contributed by atoms with Gasteiger partial charge in [0, 0.05) is 11.0 Å². The molecule has 0 amide bonds. The van der Waals surface area contributed by atoms with Gasteiger partial charge in [-0.3, -0.25) is 5.32 Å².